The van der Waals surface area contributed by atoms with Crippen molar-refractivity contribution in [3.8, 4) is 11.4 Å². The SMILES string of the molecule is Cn1c(-c2cccc(N3CCC(N4CC[C@@H](F)C4)CC3)c2)nc2ccccc21. The molecule has 5 rings (SSSR count). The first-order valence-electron chi connectivity index (χ1n) is 10.3. The summed E-state index contributed by atoms with van der Waals surface area (Å²) in [5.74, 6) is 1.00. The van der Waals surface area contributed by atoms with E-state index in [1.54, 1.807) is 0 Å². The maximum Gasteiger partial charge on any atom is 0.140 e. The Morgan fingerprint density at radius 3 is 2.54 bits per heavy atom. The number of benzene rings is 2. The Balaban J connectivity index is 1.34. The van der Waals surface area contributed by atoms with Gasteiger partial charge >= 0.3 is 0 Å². The summed E-state index contributed by atoms with van der Waals surface area (Å²) in [5.41, 5.74) is 4.59. The number of alkyl halides is 1. The Labute approximate surface area is 165 Å². The van der Waals surface area contributed by atoms with Crippen molar-refractivity contribution in [3.05, 3.63) is 48.5 Å². The molecule has 3 heterocycles. The highest BCUT2D eigenvalue weighted by Gasteiger charge is 2.30. The predicted molar refractivity (Wildman–Crippen MR) is 112 cm³/mol. The van der Waals surface area contributed by atoms with Gasteiger partial charge in [-0.25, -0.2) is 9.37 Å². The number of fused-ring (bicyclic) bond motifs is 1. The highest BCUT2D eigenvalue weighted by Crippen LogP contribution is 2.30. The summed E-state index contributed by atoms with van der Waals surface area (Å²) in [4.78, 5) is 9.67. The van der Waals surface area contributed by atoms with Gasteiger partial charge in [-0.15, -0.1) is 0 Å². The molecular weight excluding hydrogens is 351 g/mol. The lowest BCUT2D eigenvalue weighted by Crippen LogP contribution is -2.44. The number of likely N-dealkylation sites (tertiary alicyclic amines) is 1. The molecule has 2 aromatic carbocycles. The van der Waals surface area contributed by atoms with Gasteiger partial charge in [0.1, 0.15) is 12.0 Å². The van der Waals surface area contributed by atoms with Gasteiger partial charge in [0.2, 0.25) is 0 Å². The van der Waals surface area contributed by atoms with Crippen LogP contribution in [0.25, 0.3) is 22.4 Å². The van der Waals surface area contributed by atoms with Crippen LogP contribution in [-0.2, 0) is 7.05 Å². The maximum atomic E-state index is 13.5. The van der Waals surface area contributed by atoms with Gasteiger partial charge in [-0.05, 0) is 43.5 Å². The largest absolute Gasteiger partial charge is 0.371 e. The average Bonchev–Trinajstić information content (AvgIpc) is 3.32. The molecule has 1 aromatic heterocycles. The fourth-order valence-corrected chi connectivity index (χ4v) is 4.81. The van der Waals surface area contributed by atoms with Gasteiger partial charge in [0.15, 0.2) is 0 Å². The topological polar surface area (TPSA) is 24.3 Å². The molecule has 0 radical (unpaired) electrons. The van der Waals surface area contributed by atoms with Crippen LogP contribution in [0.4, 0.5) is 10.1 Å². The van der Waals surface area contributed by atoms with E-state index in [2.05, 4.69) is 63.9 Å². The van der Waals surface area contributed by atoms with Crippen LogP contribution in [-0.4, -0.2) is 52.8 Å². The third-order valence-electron chi connectivity index (χ3n) is 6.40. The van der Waals surface area contributed by atoms with Gasteiger partial charge < -0.3 is 9.47 Å². The van der Waals surface area contributed by atoms with E-state index in [1.807, 2.05) is 6.07 Å². The third kappa shape index (κ3) is 3.18. The normalized spacial score (nSPS) is 21.6. The number of anilines is 1. The van der Waals surface area contributed by atoms with Crippen molar-refractivity contribution < 1.29 is 4.39 Å². The minimum absolute atomic E-state index is 0.542. The second-order valence-corrected chi connectivity index (χ2v) is 8.13. The van der Waals surface area contributed by atoms with Crippen LogP contribution in [0, 0.1) is 0 Å². The molecule has 2 aliphatic heterocycles. The molecule has 0 unspecified atom stereocenters. The molecule has 0 amide bonds. The van der Waals surface area contributed by atoms with Crippen molar-refractivity contribution in [2.45, 2.75) is 31.5 Å². The molecule has 3 aromatic rings. The number of rotatable bonds is 3. The fourth-order valence-electron chi connectivity index (χ4n) is 4.81. The van der Waals surface area contributed by atoms with Crippen molar-refractivity contribution in [2.75, 3.05) is 31.1 Å². The molecule has 5 heteroatoms. The standard InChI is InChI=1S/C23H27FN4/c1-26-22-8-3-2-7-21(22)25-23(26)17-5-4-6-20(15-17)27-13-10-19(11-14-27)28-12-9-18(24)16-28/h2-8,15,18-19H,9-14,16H2,1H3/t18-/m1/s1. The summed E-state index contributed by atoms with van der Waals surface area (Å²) in [5, 5.41) is 0. The predicted octanol–water partition coefficient (Wildman–Crippen LogP) is 4.25. The molecule has 2 saturated heterocycles. The zero-order valence-electron chi connectivity index (χ0n) is 16.4. The van der Waals surface area contributed by atoms with Crippen LogP contribution in [0.1, 0.15) is 19.3 Å². The molecule has 2 fully saturated rings. The Kier molecular flexibility index (Phi) is 4.55. The zero-order valence-corrected chi connectivity index (χ0v) is 16.4. The van der Waals surface area contributed by atoms with Gasteiger partial charge in [-0.2, -0.15) is 0 Å². The summed E-state index contributed by atoms with van der Waals surface area (Å²) < 4.78 is 15.7. The number of nitrogens with zero attached hydrogens (tertiary/aromatic N) is 4. The van der Waals surface area contributed by atoms with E-state index in [0.717, 1.165) is 54.9 Å². The molecule has 28 heavy (non-hydrogen) atoms. The van der Waals surface area contributed by atoms with E-state index in [1.165, 1.54) is 5.69 Å². The minimum Gasteiger partial charge on any atom is -0.371 e. The zero-order chi connectivity index (χ0) is 19.1. The smallest absolute Gasteiger partial charge is 0.140 e. The Bertz CT molecular complexity index is 974. The number of aryl methyl sites for hydroxylation is 1. The summed E-state index contributed by atoms with van der Waals surface area (Å²) in [6, 6.07) is 17.5. The van der Waals surface area contributed by atoms with Crippen molar-refractivity contribution in [2.24, 2.45) is 7.05 Å². The van der Waals surface area contributed by atoms with E-state index in [-0.39, 0.29) is 0 Å². The molecule has 1 atom stereocenters. The fraction of sp³-hybridized carbons (Fsp3) is 0.435. The van der Waals surface area contributed by atoms with Crippen LogP contribution in [0.5, 0.6) is 0 Å². The lowest BCUT2D eigenvalue weighted by Gasteiger charge is -2.37. The first-order chi connectivity index (χ1) is 13.7. The van der Waals surface area contributed by atoms with E-state index in [4.69, 9.17) is 4.98 Å². The lowest BCUT2D eigenvalue weighted by atomic mass is 10.0. The summed E-state index contributed by atoms with van der Waals surface area (Å²) in [7, 11) is 2.08. The molecule has 2 aliphatic rings. The summed E-state index contributed by atoms with van der Waals surface area (Å²) in [6.45, 7) is 3.62. The number of hydrogen-bond donors (Lipinski definition) is 0. The minimum atomic E-state index is -0.622. The number of piperidine rings is 1. The number of para-hydroxylation sites is 2. The van der Waals surface area contributed by atoms with Crippen LogP contribution >= 0.6 is 0 Å². The molecule has 0 aliphatic carbocycles. The van der Waals surface area contributed by atoms with Crippen LogP contribution < -0.4 is 4.90 Å². The molecule has 0 N–H and O–H groups in total. The molecule has 0 saturated carbocycles. The quantitative estimate of drug-likeness (QED) is 0.681. The van der Waals surface area contributed by atoms with Crippen molar-refractivity contribution in [1.82, 2.24) is 14.5 Å². The van der Waals surface area contributed by atoms with Crippen LogP contribution in [0.2, 0.25) is 0 Å². The second-order valence-electron chi connectivity index (χ2n) is 8.13. The molecular formula is C23H27FN4. The van der Waals surface area contributed by atoms with E-state index >= 15 is 0 Å². The second kappa shape index (κ2) is 7.21. The first-order valence-corrected chi connectivity index (χ1v) is 10.3. The van der Waals surface area contributed by atoms with Crippen LogP contribution in [0.15, 0.2) is 48.5 Å². The monoisotopic (exact) mass is 378 g/mol. The number of halogens is 1. The van der Waals surface area contributed by atoms with Gasteiger partial charge in [0.25, 0.3) is 0 Å². The van der Waals surface area contributed by atoms with Crippen molar-refractivity contribution in [1.29, 1.82) is 0 Å². The van der Waals surface area contributed by atoms with Crippen LogP contribution in [0.3, 0.4) is 0 Å². The third-order valence-corrected chi connectivity index (χ3v) is 6.40. The number of imidazole rings is 1. The van der Waals surface area contributed by atoms with E-state index in [0.29, 0.717) is 19.0 Å². The highest BCUT2D eigenvalue weighted by molar-refractivity contribution is 5.81. The number of hydrogen-bond acceptors (Lipinski definition) is 3. The van der Waals surface area contributed by atoms with Gasteiger partial charge in [0, 0.05) is 50.5 Å². The van der Waals surface area contributed by atoms with Gasteiger partial charge in [-0.3, -0.25) is 4.90 Å². The Morgan fingerprint density at radius 2 is 1.79 bits per heavy atom. The lowest BCUT2D eigenvalue weighted by molar-refractivity contribution is 0.192. The first kappa shape index (κ1) is 17.7. The molecule has 0 spiro atoms. The average molecular weight is 378 g/mol. The van der Waals surface area contributed by atoms with Gasteiger partial charge in [-0.1, -0.05) is 24.3 Å². The molecule has 146 valence electrons. The Hall–Kier alpha value is -2.40. The summed E-state index contributed by atoms with van der Waals surface area (Å²) in [6.07, 6.45) is 2.32. The molecule has 4 nitrogen and oxygen atoms in total. The van der Waals surface area contributed by atoms with E-state index in [9.17, 15) is 4.39 Å². The summed E-state index contributed by atoms with van der Waals surface area (Å²) >= 11 is 0. The molecule has 0 bridgehead atoms. The van der Waals surface area contributed by atoms with Crippen molar-refractivity contribution in [3.63, 3.8) is 0 Å². The maximum absolute atomic E-state index is 13.5. The highest BCUT2D eigenvalue weighted by atomic mass is 19.1. The van der Waals surface area contributed by atoms with Gasteiger partial charge in [0.05, 0.1) is 11.0 Å². The van der Waals surface area contributed by atoms with Crippen molar-refractivity contribution >= 4 is 16.7 Å². The van der Waals surface area contributed by atoms with E-state index < -0.39 is 6.17 Å². The number of aromatic nitrogens is 2. The Morgan fingerprint density at radius 1 is 0.964 bits per heavy atom.